The molecule has 2 nitrogen and oxygen atoms in total. The van der Waals surface area contributed by atoms with Crippen LogP contribution in [0.3, 0.4) is 0 Å². The van der Waals surface area contributed by atoms with Crippen LogP contribution in [0.2, 0.25) is 0 Å². The van der Waals surface area contributed by atoms with Crippen molar-refractivity contribution in [1.29, 1.82) is 0 Å². The maximum absolute atomic E-state index is 13.3. The van der Waals surface area contributed by atoms with Gasteiger partial charge in [0, 0.05) is 6.07 Å². The average molecular weight is 253 g/mol. The Bertz CT molecular complexity index is 555. The molecule has 0 atom stereocenters. The first kappa shape index (κ1) is 12.4. The second-order valence-electron chi connectivity index (χ2n) is 3.65. The maximum Gasteiger partial charge on any atom is 0.258 e. The summed E-state index contributed by atoms with van der Waals surface area (Å²) in [5.41, 5.74) is 1.08. The molecule has 0 N–H and O–H groups in total. The summed E-state index contributed by atoms with van der Waals surface area (Å²) in [4.78, 5) is 3.07. The van der Waals surface area contributed by atoms with E-state index in [-0.39, 0.29) is 0 Å². The van der Waals surface area contributed by atoms with E-state index in [4.69, 9.17) is 4.74 Å². The lowest BCUT2D eigenvalue weighted by Crippen LogP contribution is -1.98. The van der Waals surface area contributed by atoms with E-state index >= 15 is 0 Å². The molecule has 1 aromatic heterocycles. The highest BCUT2D eigenvalue weighted by atomic mass is 19.2. The fourth-order valence-corrected chi connectivity index (χ4v) is 1.40. The Morgan fingerprint density at radius 1 is 1.06 bits per heavy atom. The molecule has 5 heteroatoms. The van der Waals surface area contributed by atoms with Gasteiger partial charge in [0.05, 0.1) is 0 Å². The van der Waals surface area contributed by atoms with Gasteiger partial charge in [-0.15, -0.1) is 0 Å². The van der Waals surface area contributed by atoms with Gasteiger partial charge in [-0.05, 0) is 24.1 Å². The molecule has 0 saturated heterocycles. The van der Waals surface area contributed by atoms with Gasteiger partial charge >= 0.3 is 0 Å². The monoisotopic (exact) mass is 253 g/mol. The van der Waals surface area contributed by atoms with Gasteiger partial charge in [0.2, 0.25) is 0 Å². The SMILES string of the molecule is CCc1ccc(Oc2nc(F)c(F)cc2F)cc1. The van der Waals surface area contributed by atoms with Crippen molar-refractivity contribution in [3.05, 3.63) is 53.5 Å². The normalized spacial score (nSPS) is 10.4. The van der Waals surface area contributed by atoms with Gasteiger partial charge in [0.1, 0.15) is 5.75 Å². The summed E-state index contributed by atoms with van der Waals surface area (Å²) in [6, 6.07) is 7.22. The molecule has 0 spiro atoms. The van der Waals surface area contributed by atoms with E-state index < -0.39 is 23.5 Å². The topological polar surface area (TPSA) is 22.1 Å². The Kier molecular flexibility index (Phi) is 3.50. The molecule has 0 radical (unpaired) electrons. The molecule has 2 rings (SSSR count). The second kappa shape index (κ2) is 5.08. The van der Waals surface area contributed by atoms with Crippen LogP contribution in [0.15, 0.2) is 30.3 Å². The number of pyridine rings is 1. The highest BCUT2D eigenvalue weighted by Crippen LogP contribution is 2.23. The predicted octanol–water partition coefficient (Wildman–Crippen LogP) is 3.85. The largest absolute Gasteiger partial charge is 0.436 e. The Morgan fingerprint density at radius 2 is 1.72 bits per heavy atom. The Balaban J connectivity index is 2.25. The lowest BCUT2D eigenvalue weighted by molar-refractivity contribution is 0.387. The molecule has 0 aliphatic heterocycles. The molecule has 0 aliphatic rings. The Morgan fingerprint density at radius 3 is 2.33 bits per heavy atom. The molecular weight excluding hydrogens is 243 g/mol. The summed E-state index contributed by atoms with van der Waals surface area (Å²) in [5.74, 6) is -4.06. The van der Waals surface area contributed by atoms with Gasteiger partial charge in [-0.2, -0.15) is 9.37 Å². The summed E-state index contributed by atoms with van der Waals surface area (Å²) < 4.78 is 43.8. The molecule has 0 fully saturated rings. The van der Waals surface area contributed by atoms with Gasteiger partial charge < -0.3 is 4.74 Å². The number of hydrogen-bond donors (Lipinski definition) is 0. The molecule has 94 valence electrons. The zero-order valence-electron chi connectivity index (χ0n) is 9.58. The van der Waals surface area contributed by atoms with Crippen LogP contribution in [0.1, 0.15) is 12.5 Å². The quantitative estimate of drug-likeness (QED) is 0.775. The Hall–Kier alpha value is -2.04. The van der Waals surface area contributed by atoms with Crippen molar-refractivity contribution in [3.8, 4) is 11.6 Å². The van der Waals surface area contributed by atoms with Crippen LogP contribution >= 0.6 is 0 Å². The lowest BCUT2D eigenvalue weighted by atomic mass is 10.2. The second-order valence-corrected chi connectivity index (χ2v) is 3.65. The van der Waals surface area contributed by atoms with Gasteiger partial charge in [-0.25, -0.2) is 8.78 Å². The smallest absolute Gasteiger partial charge is 0.258 e. The first-order chi connectivity index (χ1) is 8.60. The molecule has 0 unspecified atom stereocenters. The van der Waals surface area contributed by atoms with Crippen LogP contribution in [0, 0.1) is 17.6 Å². The molecule has 18 heavy (non-hydrogen) atoms. The number of hydrogen-bond acceptors (Lipinski definition) is 2. The van der Waals surface area contributed by atoms with Crippen LogP contribution in [0.4, 0.5) is 13.2 Å². The number of ether oxygens (including phenoxy) is 1. The number of benzene rings is 1. The highest BCUT2D eigenvalue weighted by molar-refractivity contribution is 5.31. The first-order valence-corrected chi connectivity index (χ1v) is 5.38. The summed E-state index contributed by atoms with van der Waals surface area (Å²) in [7, 11) is 0. The third-order valence-electron chi connectivity index (χ3n) is 2.40. The molecular formula is C13H10F3NO. The molecule has 1 heterocycles. The van der Waals surface area contributed by atoms with Gasteiger partial charge in [0.15, 0.2) is 11.6 Å². The molecule has 1 aromatic carbocycles. The van der Waals surface area contributed by atoms with E-state index in [0.29, 0.717) is 11.8 Å². The number of nitrogens with zero attached hydrogens (tertiary/aromatic N) is 1. The Labute approximate surface area is 102 Å². The molecule has 0 amide bonds. The maximum atomic E-state index is 13.3. The average Bonchev–Trinajstić information content (AvgIpc) is 2.37. The van der Waals surface area contributed by atoms with Crippen LogP contribution < -0.4 is 4.74 Å². The van der Waals surface area contributed by atoms with Crippen molar-refractivity contribution in [2.45, 2.75) is 13.3 Å². The van der Waals surface area contributed by atoms with E-state index in [1.54, 1.807) is 24.3 Å². The number of aromatic nitrogens is 1. The fourth-order valence-electron chi connectivity index (χ4n) is 1.40. The zero-order chi connectivity index (χ0) is 13.1. The summed E-state index contributed by atoms with van der Waals surface area (Å²) in [5, 5.41) is 0. The van der Waals surface area contributed by atoms with Crippen molar-refractivity contribution in [3.63, 3.8) is 0 Å². The molecule has 0 saturated carbocycles. The number of halogens is 3. The van der Waals surface area contributed by atoms with E-state index in [2.05, 4.69) is 4.98 Å². The minimum absolute atomic E-state index is 0.310. The van der Waals surface area contributed by atoms with E-state index in [1.165, 1.54) is 0 Å². The van der Waals surface area contributed by atoms with E-state index in [0.717, 1.165) is 12.0 Å². The van der Waals surface area contributed by atoms with E-state index in [9.17, 15) is 13.2 Å². The minimum Gasteiger partial charge on any atom is -0.436 e. The van der Waals surface area contributed by atoms with Crippen molar-refractivity contribution in [2.24, 2.45) is 0 Å². The third kappa shape index (κ3) is 2.61. The highest BCUT2D eigenvalue weighted by Gasteiger charge is 2.13. The molecule has 0 aliphatic carbocycles. The summed E-state index contributed by atoms with van der Waals surface area (Å²) in [6.07, 6.45) is 0.859. The lowest BCUT2D eigenvalue weighted by Gasteiger charge is -2.06. The minimum atomic E-state index is -1.39. The van der Waals surface area contributed by atoms with Crippen LogP contribution in [-0.2, 0) is 6.42 Å². The van der Waals surface area contributed by atoms with Crippen molar-refractivity contribution < 1.29 is 17.9 Å². The van der Waals surface area contributed by atoms with Crippen molar-refractivity contribution >= 4 is 0 Å². The van der Waals surface area contributed by atoms with Gasteiger partial charge in [0.25, 0.3) is 11.8 Å². The van der Waals surface area contributed by atoms with Crippen LogP contribution in [-0.4, -0.2) is 4.98 Å². The van der Waals surface area contributed by atoms with Crippen LogP contribution in [0.5, 0.6) is 11.6 Å². The molecule has 2 aromatic rings. The van der Waals surface area contributed by atoms with Crippen molar-refractivity contribution in [1.82, 2.24) is 4.98 Å². The van der Waals surface area contributed by atoms with Crippen LogP contribution in [0.25, 0.3) is 0 Å². The zero-order valence-corrected chi connectivity index (χ0v) is 9.58. The van der Waals surface area contributed by atoms with Gasteiger partial charge in [-0.3, -0.25) is 0 Å². The summed E-state index contributed by atoms with van der Waals surface area (Å²) in [6.45, 7) is 1.99. The predicted molar refractivity (Wildman–Crippen MR) is 60.0 cm³/mol. The number of rotatable bonds is 3. The fraction of sp³-hybridized carbons (Fsp3) is 0.154. The molecule has 0 bridgehead atoms. The summed E-state index contributed by atoms with van der Waals surface area (Å²) >= 11 is 0. The van der Waals surface area contributed by atoms with Gasteiger partial charge in [-0.1, -0.05) is 19.1 Å². The third-order valence-corrected chi connectivity index (χ3v) is 2.40. The standard InChI is InChI=1S/C13H10F3NO/c1-2-8-3-5-9(6-4-8)18-13-11(15)7-10(14)12(16)17-13/h3-7H,2H2,1H3. The van der Waals surface area contributed by atoms with Crippen molar-refractivity contribution in [2.75, 3.05) is 0 Å². The number of aryl methyl sites for hydroxylation is 1. The van der Waals surface area contributed by atoms with E-state index in [1.807, 2.05) is 6.92 Å². The first-order valence-electron chi connectivity index (χ1n) is 5.38.